The Hall–Kier alpha value is -2.07. The molecule has 4 heteroatoms. The van der Waals surface area contributed by atoms with Gasteiger partial charge in [-0.1, -0.05) is 18.2 Å². The van der Waals surface area contributed by atoms with Crippen molar-refractivity contribution in [3.63, 3.8) is 0 Å². The molecule has 18 heavy (non-hydrogen) atoms. The van der Waals surface area contributed by atoms with Crippen LogP contribution in [-0.2, 0) is 13.1 Å². The zero-order valence-corrected chi connectivity index (χ0v) is 10.3. The fourth-order valence-corrected chi connectivity index (χ4v) is 2.16. The van der Waals surface area contributed by atoms with Crippen molar-refractivity contribution in [1.29, 1.82) is 0 Å². The number of aromatic amines is 2. The third kappa shape index (κ3) is 2.02. The van der Waals surface area contributed by atoms with Crippen LogP contribution < -0.4 is 5.32 Å². The molecule has 0 atom stereocenters. The standard InChI is InChI=1S/C14H16N4/c1-10-11(9-17-18-10)6-15-7-12-8-16-14-5-3-2-4-13(12)14/h2-5,8-9,15-16H,6-7H2,1H3,(H,17,18). The molecule has 3 N–H and O–H groups in total. The lowest BCUT2D eigenvalue weighted by Crippen LogP contribution is -2.12. The molecular formula is C14H16N4. The second kappa shape index (κ2) is 4.66. The summed E-state index contributed by atoms with van der Waals surface area (Å²) < 4.78 is 0. The molecule has 0 bridgehead atoms. The molecule has 1 aromatic carbocycles. The van der Waals surface area contributed by atoms with Crippen LogP contribution in [0.5, 0.6) is 0 Å². The summed E-state index contributed by atoms with van der Waals surface area (Å²) in [6, 6.07) is 8.36. The fraction of sp³-hybridized carbons (Fsp3) is 0.214. The number of hydrogen-bond donors (Lipinski definition) is 3. The van der Waals surface area contributed by atoms with Crippen LogP contribution in [0, 0.1) is 6.92 Å². The highest BCUT2D eigenvalue weighted by Crippen LogP contribution is 2.17. The van der Waals surface area contributed by atoms with Gasteiger partial charge in [-0.05, 0) is 18.6 Å². The highest BCUT2D eigenvalue weighted by molar-refractivity contribution is 5.82. The van der Waals surface area contributed by atoms with Crippen LogP contribution in [0.15, 0.2) is 36.7 Å². The molecule has 2 heterocycles. The van der Waals surface area contributed by atoms with Gasteiger partial charge in [0.2, 0.25) is 0 Å². The van der Waals surface area contributed by atoms with E-state index in [1.165, 1.54) is 22.0 Å². The molecule has 4 nitrogen and oxygen atoms in total. The lowest BCUT2D eigenvalue weighted by atomic mass is 10.2. The van der Waals surface area contributed by atoms with Gasteiger partial charge in [-0.25, -0.2) is 0 Å². The first kappa shape index (κ1) is 11.0. The molecule has 3 aromatic rings. The van der Waals surface area contributed by atoms with E-state index in [9.17, 15) is 0 Å². The molecule has 0 saturated carbocycles. The average molecular weight is 240 g/mol. The summed E-state index contributed by atoms with van der Waals surface area (Å²) in [6.45, 7) is 3.73. The lowest BCUT2D eigenvalue weighted by Gasteiger charge is -2.03. The van der Waals surface area contributed by atoms with Gasteiger partial charge in [0.25, 0.3) is 0 Å². The Labute approximate surface area is 105 Å². The first-order valence-electron chi connectivity index (χ1n) is 6.09. The van der Waals surface area contributed by atoms with Crippen LogP contribution in [0.1, 0.15) is 16.8 Å². The number of aromatic nitrogens is 3. The first-order chi connectivity index (χ1) is 8.84. The maximum atomic E-state index is 4.02. The number of hydrogen-bond acceptors (Lipinski definition) is 2. The van der Waals surface area contributed by atoms with Crippen molar-refractivity contribution in [2.45, 2.75) is 20.0 Å². The maximum absolute atomic E-state index is 4.02. The minimum atomic E-state index is 0.835. The highest BCUT2D eigenvalue weighted by Gasteiger charge is 2.03. The molecule has 0 saturated heterocycles. The molecule has 0 radical (unpaired) electrons. The number of nitrogens with one attached hydrogen (secondary N) is 3. The Morgan fingerprint density at radius 2 is 2.00 bits per heavy atom. The molecule has 92 valence electrons. The Morgan fingerprint density at radius 3 is 2.83 bits per heavy atom. The van der Waals surface area contributed by atoms with E-state index in [1.807, 2.05) is 19.2 Å². The van der Waals surface area contributed by atoms with Crippen molar-refractivity contribution in [2.24, 2.45) is 0 Å². The van der Waals surface area contributed by atoms with Gasteiger partial charge < -0.3 is 10.3 Å². The van der Waals surface area contributed by atoms with E-state index in [-0.39, 0.29) is 0 Å². The van der Waals surface area contributed by atoms with Gasteiger partial charge in [0, 0.05) is 41.4 Å². The van der Waals surface area contributed by atoms with Crippen LogP contribution in [0.3, 0.4) is 0 Å². The quantitative estimate of drug-likeness (QED) is 0.656. The van der Waals surface area contributed by atoms with E-state index in [0.717, 1.165) is 18.8 Å². The van der Waals surface area contributed by atoms with Gasteiger partial charge in [-0.2, -0.15) is 5.10 Å². The Bertz CT molecular complexity index is 650. The van der Waals surface area contributed by atoms with Crippen molar-refractivity contribution >= 4 is 10.9 Å². The van der Waals surface area contributed by atoms with Gasteiger partial charge in [0.1, 0.15) is 0 Å². The van der Waals surface area contributed by atoms with Gasteiger partial charge in [-0.3, -0.25) is 5.10 Å². The maximum Gasteiger partial charge on any atom is 0.0535 e. The average Bonchev–Trinajstić information content (AvgIpc) is 2.97. The number of rotatable bonds is 4. The number of benzene rings is 1. The predicted molar refractivity (Wildman–Crippen MR) is 72.2 cm³/mol. The van der Waals surface area contributed by atoms with Crippen molar-refractivity contribution in [2.75, 3.05) is 0 Å². The second-order valence-electron chi connectivity index (χ2n) is 4.48. The summed E-state index contributed by atoms with van der Waals surface area (Å²) in [5.74, 6) is 0. The Kier molecular flexibility index (Phi) is 2.86. The molecule has 0 fully saturated rings. The zero-order valence-electron chi connectivity index (χ0n) is 10.3. The number of nitrogens with zero attached hydrogens (tertiary/aromatic N) is 1. The van der Waals surface area contributed by atoms with E-state index in [4.69, 9.17) is 0 Å². The number of fused-ring (bicyclic) bond motifs is 1. The van der Waals surface area contributed by atoms with Gasteiger partial charge >= 0.3 is 0 Å². The molecule has 3 rings (SSSR count). The molecule has 0 spiro atoms. The van der Waals surface area contributed by atoms with Crippen molar-refractivity contribution in [3.05, 3.63) is 53.5 Å². The van der Waals surface area contributed by atoms with Crippen LogP contribution in [0.25, 0.3) is 10.9 Å². The number of aryl methyl sites for hydroxylation is 1. The molecule has 0 aliphatic heterocycles. The van der Waals surface area contributed by atoms with Gasteiger partial charge in [0.05, 0.1) is 6.20 Å². The van der Waals surface area contributed by atoms with E-state index < -0.39 is 0 Å². The van der Waals surface area contributed by atoms with E-state index in [2.05, 4.69) is 44.9 Å². The van der Waals surface area contributed by atoms with Crippen molar-refractivity contribution in [3.8, 4) is 0 Å². The Balaban J connectivity index is 1.68. The van der Waals surface area contributed by atoms with E-state index in [0.29, 0.717) is 0 Å². The Morgan fingerprint density at radius 1 is 1.17 bits per heavy atom. The van der Waals surface area contributed by atoms with Crippen molar-refractivity contribution in [1.82, 2.24) is 20.5 Å². The van der Waals surface area contributed by atoms with Crippen molar-refractivity contribution < 1.29 is 0 Å². The number of para-hydroxylation sites is 1. The molecule has 0 aliphatic rings. The fourth-order valence-electron chi connectivity index (χ4n) is 2.16. The summed E-state index contributed by atoms with van der Waals surface area (Å²) >= 11 is 0. The number of H-pyrrole nitrogens is 2. The van der Waals surface area contributed by atoms with Crippen LogP contribution >= 0.6 is 0 Å². The van der Waals surface area contributed by atoms with Crippen LogP contribution in [0.4, 0.5) is 0 Å². The summed E-state index contributed by atoms with van der Waals surface area (Å²) in [5, 5.41) is 11.7. The monoisotopic (exact) mass is 240 g/mol. The van der Waals surface area contributed by atoms with Crippen LogP contribution in [0.2, 0.25) is 0 Å². The summed E-state index contributed by atoms with van der Waals surface area (Å²) in [5.41, 5.74) is 4.83. The zero-order chi connectivity index (χ0) is 12.4. The lowest BCUT2D eigenvalue weighted by molar-refractivity contribution is 0.694. The SMILES string of the molecule is Cc1[nH]ncc1CNCc1c[nH]c2ccccc12. The minimum Gasteiger partial charge on any atom is -0.361 e. The first-order valence-corrected chi connectivity index (χ1v) is 6.09. The normalized spacial score (nSPS) is 11.2. The molecular weight excluding hydrogens is 224 g/mol. The van der Waals surface area contributed by atoms with E-state index in [1.54, 1.807) is 0 Å². The summed E-state index contributed by atoms with van der Waals surface area (Å²) in [7, 11) is 0. The second-order valence-corrected chi connectivity index (χ2v) is 4.48. The largest absolute Gasteiger partial charge is 0.361 e. The third-order valence-corrected chi connectivity index (χ3v) is 3.24. The van der Waals surface area contributed by atoms with Crippen LogP contribution in [-0.4, -0.2) is 15.2 Å². The third-order valence-electron chi connectivity index (χ3n) is 3.24. The predicted octanol–water partition coefficient (Wildman–Crippen LogP) is 2.49. The smallest absolute Gasteiger partial charge is 0.0535 e. The molecule has 0 unspecified atom stereocenters. The molecule has 2 aromatic heterocycles. The topological polar surface area (TPSA) is 56.5 Å². The van der Waals surface area contributed by atoms with E-state index >= 15 is 0 Å². The highest BCUT2D eigenvalue weighted by atomic mass is 15.1. The summed E-state index contributed by atoms with van der Waals surface area (Å²) in [6.07, 6.45) is 3.94. The summed E-state index contributed by atoms with van der Waals surface area (Å²) in [4.78, 5) is 3.28. The van der Waals surface area contributed by atoms with Gasteiger partial charge in [0.15, 0.2) is 0 Å². The van der Waals surface area contributed by atoms with Gasteiger partial charge in [-0.15, -0.1) is 0 Å². The molecule has 0 amide bonds. The minimum absolute atomic E-state index is 0.835. The molecule has 0 aliphatic carbocycles.